The third-order valence-electron chi connectivity index (χ3n) is 4.61. The summed E-state index contributed by atoms with van der Waals surface area (Å²) in [5.74, 6) is 1.54. The first-order valence-corrected chi connectivity index (χ1v) is 9.85. The van der Waals surface area contributed by atoms with E-state index in [0.29, 0.717) is 28.7 Å². The van der Waals surface area contributed by atoms with Crippen LogP contribution in [-0.4, -0.2) is 15.1 Å². The SMILES string of the molecule is Cc1nc(COc2ncc(-c3cccc(OCc4cccc(C(F)(F)F)c4)c3)cc2N)no1. The summed E-state index contributed by atoms with van der Waals surface area (Å²) in [6.45, 7) is 1.73. The number of benzene rings is 2. The standard InChI is InChI=1S/C23H19F3N4O3/c1-14-29-21(30-33-14)13-32-22-20(27)10-17(11-28-22)16-5-3-7-19(9-16)31-12-15-4-2-6-18(8-15)23(24,25)26/h2-11H,12-13,27H2,1H3. The third-order valence-corrected chi connectivity index (χ3v) is 4.61. The van der Waals surface area contributed by atoms with E-state index in [9.17, 15) is 13.2 Å². The van der Waals surface area contributed by atoms with Crippen LogP contribution < -0.4 is 15.2 Å². The molecule has 0 saturated carbocycles. The van der Waals surface area contributed by atoms with Crippen molar-refractivity contribution in [2.75, 3.05) is 5.73 Å². The monoisotopic (exact) mass is 456 g/mol. The van der Waals surface area contributed by atoms with E-state index in [1.165, 1.54) is 6.07 Å². The van der Waals surface area contributed by atoms with E-state index in [2.05, 4.69) is 15.1 Å². The maximum absolute atomic E-state index is 12.9. The predicted molar refractivity (Wildman–Crippen MR) is 113 cm³/mol. The largest absolute Gasteiger partial charge is 0.489 e. The molecule has 7 nitrogen and oxygen atoms in total. The van der Waals surface area contributed by atoms with Gasteiger partial charge in [-0.1, -0.05) is 29.4 Å². The maximum Gasteiger partial charge on any atom is 0.416 e. The number of halogens is 3. The van der Waals surface area contributed by atoms with Crippen molar-refractivity contribution in [2.45, 2.75) is 26.3 Å². The van der Waals surface area contributed by atoms with Gasteiger partial charge in [0.1, 0.15) is 12.4 Å². The lowest BCUT2D eigenvalue weighted by Crippen LogP contribution is -2.06. The van der Waals surface area contributed by atoms with E-state index in [1.807, 2.05) is 6.07 Å². The van der Waals surface area contributed by atoms with Crippen molar-refractivity contribution < 1.29 is 27.2 Å². The van der Waals surface area contributed by atoms with Gasteiger partial charge < -0.3 is 19.7 Å². The molecule has 0 radical (unpaired) electrons. The lowest BCUT2D eigenvalue weighted by Gasteiger charge is -2.11. The lowest BCUT2D eigenvalue weighted by atomic mass is 10.1. The zero-order chi connectivity index (χ0) is 23.4. The summed E-state index contributed by atoms with van der Waals surface area (Å²) in [4.78, 5) is 8.30. The smallest absolute Gasteiger partial charge is 0.416 e. The molecule has 2 N–H and O–H groups in total. The fourth-order valence-electron chi connectivity index (χ4n) is 3.05. The molecule has 10 heteroatoms. The molecule has 2 aromatic heterocycles. The van der Waals surface area contributed by atoms with Gasteiger partial charge in [-0.15, -0.1) is 0 Å². The minimum absolute atomic E-state index is 0.00387. The van der Waals surface area contributed by atoms with Crippen molar-refractivity contribution >= 4 is 5.69 Å². The molecule has 4 rings (SSSR count). The zero-order valence-electron chi connectivity index (χ0n) is 17.5. The maximum atomic E-state index is 12.9. The minimum Gasteiger partial charge on any atom is -0.489 e. The van der Waals surface area contributed by atoms with Crippen molar-refractivity contribution in [1.82, 2.24) is 15.1 Å². The molecule has 0 saturated heterocycles. The number of pyridine rings is 1. The Morgan fingerprint density at radius 1 is 0.970 bits per heavy atom. The summed E-state index contributed by atoms with van der Waals surface area (Å²) in [5.41, 5.74) is 7.60. The Balaban J connectivity index is 1.43. The van der Waals surface area contributed by atoms with E-state index in [1.54, 1.807) is 43.5 Å². The topological polar surface area (TPSA) is 96.3 Å². The lowest BCUT2D eigenvalue weighted by molar-refractivity contribution is -0.137. The normalized spacial score (nSPS) is 11.4. The van der Waals surface area contributed by atoms with Gasteiger partial charge >= 0.3 is 6.18 Å². The molecule has 0 amide bonds. The number of hydrogen-bond donors (Lipinski definition) is 1. The second-order valence-electron chi connectivity index (χ2n) is 7.15. The van der Waals surface area contributed by atoms with Gasteiger partial charge in [0.2, 0.25) is 17.6 Å². The second kappa shape index (κ2) is 9.19. The molecule has 0 spiro atoms. The van der Waals surface area contributed by atoms with Gasteiger partial charge in [0, 0.05) is 18.7 Å². The Morgan fingerprint density at radius 3 is 2.52 bits per heavy atom. The average molecular weight is 456 g/mol. The fraction of sp³-hybridized carbons (Fsp3) is 0.174. The molecule has 0 unspecified atom stereocenters. The quantitative estimate of drug-likeness (QED) is 0.408. The Morgan fingerprint density at radius 2 is 1.79 bits per heavy atom. The molecule has 0 aliphatic rings. The van der Waals surface area contributed by atoms with Crippen molar-refractivity contribution in [3.8, 4) is 22.8 Å². The Labute approximate surface area is 187 Å². The van der Waals surface area contributed by atoms with Crippen LogP contribution in [0.25, 0.3) is 11.1 Å². The van der Waals surface area contributed by atoms with Crippen LogP contribution in [0.1, 0.15) is 22.8 Å². The van der Waals surface area contributed by atoms with Crippen LogP contribution in [0, 0.1) is 6.92 Å². The number of alkyl halides is 3. The van der Waals surface area contributed by atoms with Crippen LogP contribution in [0.3, 0.4) is 0 Å². The van der Waals surface area contributed by atoms with Gasteiger partial charge in [0.15, 0.2) is 6.61 Å². The highest BCUT2D eigenvalue weighted by molar-refractivity contribution is 5.69. The van der Waals surface area contributed by atoms with Gasteiger partial charge in [-0.2, -0.15) is 18.2 Å². The summed E-state index contributed by atoms with van der Waals surface area (Å²) in [6, 6.07) is 13.8. The van der Waals surface area contributed by atoms with E-state index >= 15 is 0 Å². The van der Waals surface area contributed by atoms with Gasteiger partial charge in [-0.05, 0) is 41.5 Å². The van der Waals surface area contributed by atoms with Crippen molar-refractivity contribution in [2.24, 2.45) is 0 Å². The predicted octanol–water partition coefficient (Wildman–Crippen LogP) is 5.20. The number of anilines is 1. The van der Waals surface area contributed by atoms with Gasteiger partial charge in [-0.25, -0.2) is 4.98 Å². The zero-order valence-corrected chi connectivity index (χ0v) is 17.5. The summed E-state index contributed by atoms with van der Waals surface area (Å²) in [7, 11) is 0. The fourth-order valence-corrected chi connectivity index (χ4v) is 3.05. The molecule has 0 bridgehead atoms. The molecule has 4 aromatic rings. The van der Waals surface area contributed by atoms with Crippen LogP contribution in [0.15, 0.2) is 65.3 Å². The van der Waals surface area contributed by atoms with Crippen LogP contribution >= 0.6 is 0 Å². The Bertz CT molecular complexity index is 1260. The van der Waals surface area contributed by atoms with E-state index < -0.39 is 11.7 Å². The molecule has 2 heterocycles. The number of rotatable bonds is 7. The molecule has 170 valence electrons. The number of nitrogen functional groups attached to an aromatic ring is 1. The summed E-state index contributed by atoms with van der Waals surface area (Å²) >= 11 is 0. The van der Waals surface area contributed by atoms with Crippen molar-refractivity contribution in [1.29, 1.82) is 0 Å². The van der Waals surface area contributed by atoms with Crippen LogP contribution in [0.5, 0.6) is 11.6 Å². The molecular formula is C23H19F3N4O3. The van der Waals surface area contributed by atoms with Crippen molar-refractivity contribution in [3.63, 3.8) is 0 Å². The molecule has 0 aliphatic heterocycles. The summed E-state index contributed by atoms with van der Waals surface area (Å²) < 4.78 is 54.8. The molecule has 0 atom stereocenters. The first kappa shape index (κ1) is 22.1. The molecular weight excluding hydrogens is 437 g/mol. The number of nitrogens with two attached hydrogens (primary N) is 1. The highest BCUT2D eigenvalue weighted by Gasteiger charge is 2.30. The number of aryl methyl sites for hydroxylation is 1. The summed E-state index contributed by atoms with van der Waals surface area (Å²) in [5, 5.41) is 3.74. The second-order valence-corrected chi connectivity index (χ2v) is 7.15. The molecule has 0 fully saturated rings. The number of hydrogen-bond acceptors (Lipinski definition) is 7. The van der Waals surface area contributed by atoms with Crippen LogP contribution in [0.4, 0.5) is 18.9 Å². The third kappa shape index (κ3) is 5.59. The highest BCUT2D eigenvalue weighted by Crippen LogP contribution is 2.31. The van der Waals surface area contributed by atoms with Gasteiger partial charge in [-0.3, -0.25) is 0 Å². The molecule has 0 aliphatic carbocycles. The van der Waals surface area contributed by atoms with E-state index in [0.717, 1.165) is 23.3 Å². The number of nitrogens with zero attached hydrogens (tertiary/aromatic N) is 3. The van der Waals surface area contributed by atoms with Crippen molar-refractivity contribution in [3.05, 3.63) is 83.6 Å². The highest BCUT2D eigenvalue weighted by atomic mass is 19.4. The van der Waals surface area contributed by atoms with Crippen LogP contribution in [0.2, 0.25) is 0 Å². The number of aromatic nitrogens is 3. The van der Waals surface area contributed by atoms with E-state index in [4.69, 9.17) is 19.7 Å². The molecule has 2 aromatic carbocycles. The molecule has 33 heavy (non-hydrogen) atoms. The Kier molecular flexibility index (Phi) is 6.16. The van der Waals surface area contributed by atoms with Crippen LogP contribution in [-0.2, 0) is 19.4 Å². The van der Waals surface area contributed by atoms with Gasteiger partial charge in [0.05, 0.1) is 11.3 Å². The van der Waals surface area contributed by atoms with Gasteiger partial charge in [0.25, 0.3) is 0 Å². The summed E-state index contributed by atoms with van der Waals surface area (Å²) in [6.07, 6.45) is -2.80. The Hall–Kier alpha value is -4.08. The number of ether oxygens (including phenoxy) is 2. The first-order valence-electron chi connectivity index (χ1n) is 9.85. The first-order chi connectivity index (χ1) is 15.8. The van der Waals surface area contributed by atoms with E-state index in [-0.39, 0.29) is 19.1 Å². The average Bonchev–Trinajstić information content (AvgIpc) is 3.22. The minimum atomic E-state index is -4.40.